The third-order valence-electron chi connectivity index (χ3n) is 3.25. The van der Waals surface area contributed by atoms with Crippen LogP contribution in [0.5, 0.6) is 11.5 Å². The number of methoxy groups -OCH3 is 2. The number of nitrogens with one attached hydrogen (secondary N) is 2. The van der Waals surface area contributed by atoms with Crippen molar-refractivity contribution in [2.24, 2.45) is 0 Å². The average Bonchev–Trinajstić information content (AvgIpc) is 2.56. The molecule has 0 spiro atoms. The van der Waals surface area contributed by atoms with E-state index >= 15 is 0 Å². The minimum Gasteiger partial charge on any atom is -0.497 e. The lowest BCUT2D eigenvalue weighted by atomic mass is 10.1. The molecule has 2 aromatic carbocycles. The quantitative estimate of drug-likeness (QED) is 0.802. The molecule has 0 aliphatic heterocycles. The summed E-state index contributed by atoms with van der Waals surface area (Å²) < 4.78 is 11.4. The van der Waals surface area contributed by atoms with E-state index in [4.69, 9.17) is 9.47 Å². The van der Waals surface area contributed by atoms with Gasteiger partial charge in [0.05, 0.1) is 14.2 Å². The van der Waals surface area contributed by atoms with E-state index in [1.54, 1.807) is 32.4 Å². The monoisotopic (exact) mass is 378 g/mol. The Balaban J connectivity index is 1.88. The first-order chi connectivity index (χ1) is 11.1. The molecule has 0 aromatic heterocycles. The Morgan fingerprint density at radius 2 is 1.74 bits per heavy atom. The Bertz CT molecular complexity index is 654. The fourth-order valence-corrected chi connectivity index (χ4v) is 2.55. The molecule has 2 rings (SSSR count). The van der Waals surface area contributed by atoms with E-state index in [0.29, 0.717) is 23.7 Å². The second kappa shape index (κ2) is 8.43. The van der Waals surface area contributed by atoms with Crippen LogP contribution in [0, 0.1) is 0 Å². The highest BCUT2D eigenvalue weighted by atomic mass is 79.9. The lowest BCUT2D eigenvalue weighted by molar-refractivity contribution is 0.252. The molecule has 0 saturated carbocycles. The minimum atomic E-state index is -0.271. The Labute approximate surface area is 144 Å². The number of halogens is 1. The van der Waals surface area contributed by atoms with Gasteiger partial charge in [0.2, 0.25) is 0 Å². The number of hydrogen-bond acceptors (Lipinski definition) is 3. The van der Waals surface area contributed by atoms with E-state index in [9.17, 15) is 4.79 Å². The van der Waals surface area contributed by atoms with Crippen molar-refractivity contribution in [3.05, 3.63) is 52.5 Å². The van der Waals surface area contributed by atoms with Crippen LogP contribution in [0.15, 0.2) is 46.9 Å². The summed E-state index contributed by atoms with van der Waals surface area (Å²) >= 11 is 3.49. The molecule has 23 heavy (non-hydrogen) atoms. The van der Waals surface area contributed by atoms with Gasteiger partial charge in [0.25, 0.3) is 0 Å². The maximum Gasteiger partial charge on any atom is 0.319 e. The van der Waals surface area contributed by atoms with E-state index in [-0.39, 0.29) is 6.03 Å². The summed E-state index contributed by atoms with van der Waals surface area (Å²) in [5.74, 6) is 1.24. The topological polar surface area (TPSA) is 59.6 Å². The second-order valence-electron chi connectivity index (χ2n) is 4.82. The molecule has 122 valence electrons. The minimum absolute atomic E-state index is 0.271. The standard InChI is InChI=1S/C17H19BrN2O3/c1-22-14-9-13(10-15(11-14)23-2)20-17(21)19-8-7-12-5-3-4-6-16(12)18/h3-6,9-11H,7-8H2,1-2H3,(H2,19,20,21). The zero-order valence-corrected chi connectivity index (χ0v) is 14.6. The number of carbonyl (C=O) groups excluding carboxylic acids is 1. The highest BCUT2D eigenvalue weighted by Gasteiger charge is 2.06. The second-order valence-corrected chi connectivity index (χ2v) is 5.68. The Kier molecular flexibility index (Phi) is 6.29. The molecule has 0 unspecified atom stereocenters. The third kappa shape index (κ3) is 5.17. The lowest BCUT2D eigenvalue weighted by Crippen LogP contribution is -2.30. The van der Waals surface area contributed by atoms with Crippen LogP contribution in [0.4, 0.5) is 10.5 Å². The van der Waals surface area contributed by atoms with Crippen molar-refractivity contribution < 1.29 is 14.3 Å². The van der Waals surface area contributed by atoms with Crippen molar-refractivity contribution in [3.63, 3.8) is 0 Å². The SMILES string of the molecule is COc1cc(NC(=O)NCCc2ccccc2Br)cc(OC)c1. The van der Waals surface area contributed by atoms with Crippen LogP contribution >= 0.6 is 15.9 Å². The third-order valence-corrected chi connectivity index (χ3v) is 4.02. The van der Waals surface area contributed by atoms with E-state index in [0.717, 1.165) is 16.5 Å². The zero-order valence-electron chi connectivity index (χ0n) is 13.1. The molecule has 2 aromatic rings. The highest BCUT2D eigenvalue weighted by molar-refractivity contribution is 9.10. The summed E-state index contributed by atoms with van der Waals surface area (Å²) in [7, 11) is 3.13. The summed E-state index contributed by atoms with van der Waals surface area (Å²) in [4.78, 5) is 12.0. The Morgan fingerprint density at radius 3 is 2.35 bits per heavy atom. The summed E-state index contributed by atoms with van der Waals surface area (Å²) in [5.41, 5.74) is 1.76. The molecule has 0 radical (unpaired) electrons. The normalized spacial score (nSPS) is 10.0. The summed E-state index contributed by atoms with van der Waals surface area (Å²) in [6.45, 7) is 0.537. The first-order valence-electron chi connectivity index (χ1n) is 7.13. The Morgan fingerprint density at radius 1 is 1.09 bits per heavy atom. The number of ether oxygens (including phenoxy) is 2. The van der Waals surface area contributed by atoms with Gasteiger partial charge in [-0.15, -0.1) is 0 Å². The van der Waals surface area contributed by atoms with Crippen LogP contribution in [-0.4, -0.2) is 26.8 Å². The number of urea groups is 1. The number of anilines is 1. The number of carbonyl (C=O) groups is 1. The average molecular weight is 379 g/mol. The van der Waals surface area contributed by atoms with Gasteiger partial charge in [-0.25, -0.2) is 4.79 Å². The zero-order chi connectivity index (χ0) is 16.7. The van der Waals surface area contributed by atoms with E-state index < -0.39 is 0 Å². The molecule has 0 atom stereocenters. The van der Waals surface area contributed by atoms with Crippen molar-refractivity contribution in [2.45, 2.75) is 6.42 Å². The van der Waals surface area contributed by atoms with Gasteiger partial charge in [-0.3, -0.25) is 0 Å². The van der Waals surface area contributed by atoms with Gasteiger partial charge in [0, 0.05) is 34.9 Å². The molecule has 0 bridgehead atoms. The number of amides is 2. The van der Waals surface area contributed by atoms with Crippen LogP contribution in [0.1, 0.15) is 5.56 Å². The predicted octanol–water partition coefficient (Wildman–Crippen LogP) is 3.83. The van der Waals surface area contributed by atoms with Gasteiger partial charge in [-0.1, -0.05) is 34.1 Å². The molecule has 2 amide bonds. The first kappa shape index (κ1) is 17.1. The van der Waals surface area contributed by atoms with E-state index in [2.05, 4.69) is 26.6 Å². The van der Waals surface area contributed by atoms with Crippen LogP contribution in [0.2, 0.25) is 0 Å². The van der Waals surface area contributed by atoms with Gasteiger partial charge in [-0.2, -0.15) is 0 Å². The fraction of sp³-hybridized carbons (Fsp3) is 0.235. The van der Waals surface area contributed by atoms with Crippen LogP contribution in [0.3, 0.4) is 0 Å². The fourth-order valence-electron chi connectivity index (χ4n) is 2.07. The van der Waals surface area contributed by atoms with Crippen molar-refractivity contribution in [1.29, 1.82) is 0 Å². The molecular weight excluding hydrogens is 360 g/mol. The predicted molar refractivity (Wildman–Crippen MR) is 94.4 cm³/mol. The van der Waals surface area contributed by atoms with Gasteiger partial charge in [0.1, 0.15) is 11.5 Å². The molecule has 0 saturated heterocycles. The number of rotatable bonds is 6. The van der Waals surface area contributed by atoms with Gasteiger partial charge in [0.15, 0.2) is 0 Å². The summed E-state index contributed by atoms with van der Waals surface area (Å²) in [6.07, 6.45) is 0.746. The molecule has 0 heterocycles. The van der Waals surface area contributed by atoms with Gasteiger partial charge in [-0.05, 0) is 18.1 Å². The molecule has 0 aliphatic rings. The van der Waals surface area contributed by atoms with Crippen molar-refractivity contribution in [1.82, 2.24) is 5.32 Å². The molecule has 0 aliphatic carbocycles. The van der Waals surface area contributed by atoms with Crippen LogP contribution < -0.4 is 20.1 Å². The van der Waals surface area contributed by atoms with Crippen LogP contribution in [-0.2, 0) is 6.42 Å². The maximum absolute atomic E-state index is 12.0. The maximum atomic E-state index is 12.0. The Hall–Kier alpha value is -2.21. The molecule has 6 heteroatoms. The summed E-state index contributed by atoms with van der Waals surface area (Å²) in [5, 5.41) is 5.60. The van der Waals surface area contributed by atoms with Crippen molar-refractivity contribution in [2.75, 3.05) is 26.1 Å². The van der Waals surface area contributed by atoms with Gasteiger partial charge < -0.3 is 20.1 Å². The molecule has 2 N–H and O–H groups in total. The van der Waals surface area contributed by atoms with E-state index in [1.807, 2.05) is 24.3 Å². The first-order valence-corrected chi connectivity index (χ1v) is 7.93. The van der Waals surface area contributed by atoms with Crippen molar-refractivity contribution in [3.8, 4) is 11.5 Å². The number of hydrogen-bond donors (Lipinski definition) is 2. The summed E-state index contributed by atoms with van der Waals surface area (Å²) in [6, 6.07) is 12.9. The largest absolute Gasteiger partial charge is 0.497 e. The molecule has 5 nitrogen and oxygen atoms in total. The highest BCUT2D eigenvalue weighted by Crippen LogP contribution is 2.25. The van der Waals surface area contributed by atoms with E-state index in [1.165, 1.54) is 0 Å². The van der Waals surface area contributed by atoms with Gasteiger partial charge >= 0.3 is 6.03 Å². The molecule has 0 fully saturated rings. The van der Waals surface area contributed by atoms with Crippen LogP contribution in [0.25, 0.3) is 0 Å². The molecular formula is C17H19BrN2O3. The smallest absolute Gasteiger partial charge is 0.319 e. The number of benzene rings is 2. The lowest BCUT2D eigenvalue weighted by Gasteiger charge is -2.11. The van der Waals surface area contributed by atoms with Crippen molar-refractivity contribution >= 4 is 27.6 Å².